The molecular formula is C22H23ClN2O4S. The summed E-state index contributed by atoms with van der Waals surface area (Å²) in [5.74, 6) is 0.00206. The minimum Gasteiger partial charge on any atom is -0.495 e. The lowest BCUT2D eigenvalue weighted by atomic mass is 10.0. The van der Waals surface area contributed by atoms with Crippen LogP contribution in [0.3, 0.4) is 0 Å². The first-order valence-corrected chi connectivity index (χ1v) is 11.5. The molecule has 3 aromatic carbocycles. The molecule has 3 rings (SSSR count). The normalized spacial score (nSPS) is 12.4. The van der Waals surface area contributed by atoms with Gasteiger partial charge in [0, 0.05) is 6.54 Å². The van der Waals surface area contributed by atoms with Crippen molar-refractivity contribution in [1.82, 2.24) is 5.32 Å². The molecule has 158 valence electrons. The zero-order valence-corrected chi connectivity index (χ0v) is 18.5. The zero-order chi connectivity index (χ0) is 21.9. The molecule has 0 bridgehead atoms. The van der Waals surface area contributed by atoms with Crippen LogP contribution in [0.15, 0.2) is 60.7 Å². The summed E-state index contributed by atoms with van der Waals surface area (Å²) in [6, 6.07) is 17.4. The number of halogens is 1. The summed E-state index contributed by atoms with van der Waals surface area (Å²) in [5, 5.41) is 5.21. The van der Waals surface area contributed by atoms with E-state index in [1.165, 1.54) is 20.1 Å². The number of amides is 1. The summed E-state index contributed by atoms with van der Waals surface area (Å²) in [4.78, 5) is 12.8. The van der Waals surface area contributed by atoms with E-state index in [4.69, 9.17) is 16.3 Å². The molecule has 0 aliphatic rings. The smallest absolute Gasteiger partial charge is 0.243 e. The Morgan fingerprint density at radius 1 is 1.13 bits per heavy atom. The summed E-state index contributed by atoms with van der Waals surface area (Å²) in [6.07, 6.45) is 1.06. The molecule has 0 heterocycles. The Morgan fingerprint density at radius 2 is 1.83 bits per heavy atom. The van der Waals surface area contributed by atoms with E-state index in [0.717, 1.165) is 26.9 Å². The molecule has 0 aromatic heterocycles. The number of ether oxygens (including phenoxy) is 1. The van der Waals surface area contributed by atoms with E-state index in [1.54, 1.807) is 12.1 Å². The van der Waals surface area contributed by atoms with Gasteiger partial charge in [0.05, 0.1) is 24.1 Å². The SMILES string of the molecule is COc1ccc(N(C(C)C(=O)NCc2cccc3ccccc23)S(C)(=O)=O)cc1Cl. The van der Waals surface area contributed by atoms with Crippen LogP contribution < -0.4 is 14.4 Å². The molecular weight excluding hydrogens is 424 g/mol. The number of methoxy groups -OCH3 is 1. The Balaban J connectivity index is 1.83. The Kier molecular flexibility index (Phi) is 6.53. The molecule has 0 spiro atoms. The third-order valence-corrected chi connectivity index (χ3v) is 6.35. The van der Waals surface area contributed by atoms with Gasteiger partial charge in [-0.2, -0.15) is 0 Å². The third-order valence-electron chi connectivity index (χ3n) is 4.81. The van der Waals surface area contributed by atoms with E-state index in [2.05, 4.69) is 5.32 Å². The molecule has 0 saturated heterocycles. The van der Waals surface area contributed by atoms with E-state index in [1.807, 2.05) is 42.5 Å². The summed E-state index contributed by atoms with van der Waals surface area (Å²) < 4.78 is 31.1. The fourth-order valence-corrected chi connectivity index (χ4v) is 4.80. The van der Waals surface area contributed by atoms with E-state index in [-0.39, 0.29) is 17.3 Å². The second-order valence-corrected chi connectivity index (χ2v) is 9.18. The van der Waals surface area contributed by atoms with Crippen molar-refractivity contribution in [3.63, 3.8) is 0 Å². The average Bonchev–Trinajstić information content (AvgIpc) is 2.71. The van der Waals surface area contributed by atoms with Crippen LogP contribution in [-0.4, -0.2) is 33.7 Å². The number of fused-ring (bicyclic) bond motifs is 1. The van der Waals surface area contributed by atoms with Gasteiger partial charge in [-0.1, -0.05) is 54.1 Å². The molecule has 6 nitrogen and oxygen atoms in total. The van der Waals surface area contributed by atoms with Gasteiger partial charge in [0.1, 0.15) is 11.8 Å². The van der Waals surface area contributed by atoms with Crippen molar-refractivity contribution in [2.75, 3.05) is 17.7 Å². The van der Waals surface area contributed by atoms with Crippen LogP contribution in [-0.2, 0) is 21.4 Å². The standard InChI is InChI=1S/C22H23ClN2O4S/c1-15(25(30(3,27)28)18-11-12-21(29-2)20(23)13-18)22(26)24-14-17-9-6-8-16-7-4-5-10-19(16)17/h4-13,15H,14H2,1-3H3,(H,24,26). The lowest BCUT2D eigenvalue weighted by Gasteiger charge is -2.28. The van der Waals surface area contributed by atoms with Gasteiger partial charge in [-0.25, -0.2) is 8.42 Å². The largest absolute Gasteiger partial charge is 0.495 e. The quantitative estimate of drug-likeness (QED) is 0.595. The number of sulfonamides is 1. The maximum Gasteiger partial charge on any atom is 0.243 e. The van der Waals surface area contributed by atoms with Crippen molar-refractivity contribution < 1.29 is 17.9 Å². The van der Waals surface area contributed by atoms with Crippen molar-refractivity contribution >= 4 is 44.0 Å². The van der Waals surface area contributed by atoms with E-state index >= 15 is 0 Å². The van der Waals surface area contributed by atoms with Gasteiger partial charge in [-0.3, -0.25) is 9.10 Å². The molecule has 0 fully saturated rings. The lowest BCUT2D eigenvalue weighted by molar-refractivity contribution is -0.122. The molecule has 0 radical (unpaired) electrons. The molecule has 30 heavy (non-hydrogen) atoms. The Hall–Kier alpha value is -2.77. The molecule has 0 aliphatic carbocycles. The minimum absolute atomic E-state index is 0.256. The van der Waals surface area contributed by atoms with Crippen molar-refractivity contribution in [2.45, 2.75) is 19.5 Å². The summed E-state index contributed by atoms with van der Waals surface area (Å²) in [7, 11) is -2.27. The highest BCUT2D eigenvalue weighted by Crippen LogP contribution is 2.31. The summed E-state index contributed by atoms with van der Waals surface area (Å²) >= 11 is 6.16. The van der Waals surface area contributed by atoms with Crippen molar-refractivity contribution in [3.8, 4) is 5.75 Å². The fraction of sp³-hybridized carbons (Fsp3) is 0.227. The average molecular weight is 447 g/mol. The molecule has 1 amide bonds. The van der Waals surface area contributed by atoms with Crippen LogP contribution in [0.5, 0.6) is 5.75 Å². The molecule has 0 saturated carbocycles. The lowest BCUT2D eigenvalue weighted by Crippen LogP contribution is -2.47. The highest BCUT2D eigenvalue weighted by atomic mass is 35.5. The van der Waals surface area contributed by atoms with Gasteiger partial charge in [0.25, 0.3) is 0 Å². The number of hydrogen-bond donors (Lipinski definition) is 1. The Bertz CT molecular complexity index is 1180. The number of anilines is 1. The van der Waals surface area contributed by atoms with Gasteiger partial charge < -0.3 is 10.1 Å². The van der Waals surface area contributed by atoms with Crippen molar-refractivity contribution in [2.24, 2.45) is 0 Å². The van der Waals surface area contributed by atoms with Gasteiger partial charge >= 0.3 is 0 Å². The molecule has 1 atom stereocenters. The number of nitrogens with one attached hydrogen (secondary N) is 1. The van der Waals surface area contributed by atoms with E-state index in [9.17, 15) is 13.2 Å². The maximum atomic E-state index is 12.8. The number of benzene rings is 3. The first kappa shape index (κ1) is 21.9. The molecule has 1 unspecified atom stereocenters. The van der Waals surface area contributed by atoms with Gasteiger partial charge in [-0.05, 0) is 41.5 Å². The monoisotopic (exact) mass is 446 g/mol. The number of carbonyl (C=O) groups excluding carboxylic acids is 1. The Labute approximate surface area is 181 Å². The summed E-state index contributed by atoms with van der Waals surface area (Å²) in [5.41, 5.74) is 1.24. The van der Waals surface area contributed by atoms with Crippen LogP contribution in [0.4, 0.5) is 5.69 Å². The first-order valence-electron chi connectivity index (χ1n) is 9.29. The van der Waals surface area contributed by atoms with Gasteiger partial charge in [0.2, 0.25) is 15.9 Å². The number of hydrogen-bond acceptors (Lipinski definition) is 4. The van der Waals surface area contributed by atoms with Crippen molar-refractivity contribution in [3.05, 3.63) is 71.2 Å². The van der Waals surface area contributed by atoms with E-state index < -0.39 is 22.0 Å². The van der Waals surface area contributed by atoms with Gasteiger partial charge in [0.15, 0.2) is 0 Å². The van der Waals surface area contributed by atoms with Crippen molar-refractivity contribution in [1.29, 1.82) is 0 Å². The maximum absolute atomic E-state index is 12.8. The fourth-order valence-electron chi connectivity index (χ4n) is 3.38. The van der Waals surface area contributed by atoms with Crippen LogP contribution in [0.25, 0.3) is 10.8 Å². The second-order valence-electron chi connectivity index (χ2n) is 6.91. The van der Waals surface area contributed by atoms with E-state index in [0.29, 0.717) is 5.75 Å². The molecule has 8 heteroatoms. The minimum atomic E-state index is -3.74. The van der Waals surface area contributed by atoms with Crippen LogP contribution in [0.2, 0.25) is 5.02 Å². The number of rotatable bonds is 7. The number of carbonyl (C=O) groups is 1. The number of nitrogens with zero attached hydrogens (tertiary/aromatic N) is 1. The van der Waals surface area contributed by atoms with Crippen LogP contribution >= 0.6 is 11.6 Å². The summed E-state index contributed by atoms with van der Waals surface area (Å²) in [6.45, 7) is 1.82. The molecule has 1 N–H and O–H groups in total. The topological polar surface area (TPSA) is 75.7 Å². The highest BCUT2D eigenvalue weighted by molar-refractivity contribution is 7.92. The van der Waals surface area contributed by atoms with Gasteiger partial charge in [-0.15, -0.1) is 0 Å². The third kappa shape index (κ3) is 4.68. The Morgan fingerprint density at radius 3 is 2.50 bits per heavy atom. The van der Waals surface area contributed by atoms with Crippen LogP contribution in [0.1, 0.15) is 12.5 Å². The zero-order valence-electron chi connectivity index (χ0n) is 16.9. The van der Waals surface area contributed by atoms with Crippen LogP contribution in [0, 0.1) is 0 Å². The second kappa shape index (κ2) is 8.93. The molecule has 3 aromatic rings. The first-order chi connectivity index (χ1) is 14.2. The predicted octanol–water partition coefficient (Wildman–Crippen LogP) is 3.97. The predicted molar refractivity (Wildman–Crippen MR) is 121 cm³/mol. The molecule has 0 aliphatic heterocycles. The highest BCUT2D eigenvalue weighted by Gasteiger charge is 2.29.